The van der Waals surface area contributed by atoms with E-state index in [0.717, 1.165) is 16.6 Å². The van der Waals surface area contributed by atoms with Crippen molar-refractivity contribution in [2.24, 2.45) is 0 Å². The molecule has 0 atom stereocenters. The minimum atomic E-state index is 0. The zero-order valence-corrected chi connectivity index (χ0v) is 10.8. The number of H-pyrrole nitrogens is 1. The van der Waals surface area contributed by atoms with Gasteiger partial charge in [-0.2, -0.15) is 5.10 Å². The average Bonchev–Trinajstić information content (AvgIpc) is 2.33. The fourth-order valence-corrected chi connectivity index (χ4v) is 0.955. The van der Waals surface area contributed by atoms with Gasteiger partial charge in [-0.05, 0) is 18.2 Å². The summed E-state index contributed by atoms with van der Waals surface area (Å²) in [7, 11) is 0. The third-order valence-electron chi connectivity index (χ3n) is 1.47. The van der Waals surface area contributed by atoms with Crippen molar-refractivity contribution in [2.45, 2.75) is 0 Å². The number of hydrogen-bond donors (Lipinski definition) is 2. The van der Waals surface area contributed by atoms with E-state index in [9.17, 15) is 0 Å². The van der Waals surface area contributed by atoms with Gasteiger partial charge < -0.3 is 5.73 Å². The number of aromatic nitrogens is 2. The molecule has 66 valence electrons. The van der Waals surface area contributed by atoms with Crippen LogP contribution in [-0.4, -0.2) is 10.2 Å². The van der Waals surface area contributed by atoms with Gasteiger partial charge in [0, 0.05) is 11.1 Å². The van der Waals surface area contributed by atoms with Crippen molar-refractivity contribution in [3.05, 3.63) is 24.4 Å². The maximum atomic E-state index is 5.54. The zero-order chi connectivity index (χ0) is 6.97. The van der Waals surface area contributed by atoms with Gasteiger partial charge in [-0.3, -0.25) is 5.10 Å². The van der Waals surface area contributed by atoms with E-state index < -0.39 is 0 Å². The number of nitrogens with one attached hydrogen (secondary N) is 1. The standard InChI is InChI=1S/C7H7N3.2HI/c8-6-2-1-5-4-9-10-7(5)3-6;;/h1-4H,8H2,(H,9,10);2*1H. The molecule has 3 nitrogen and oxygen atoms in total. The molecule has 0 fully saturated rings. The summed E-state index contributed by atoms with van der Waals surface area (Å²) in [5.41, 5.74) is 7.28. The van der Waals surface area contributed by atoms with E-state index >= 15 is 0 Å². The van der Waals surface area contributed by atoms with E-state index in [0.29, 0.717) is 0 Å². The van der Waals surface area contributed by atoms with Gasteiger partial charge in [-0.25, -0.2) is 0 Å². The summed E-state index contributed by atoms with van der Waals surface area (Å²) in [6, 6.07) is 5.66. The minimum absolute atomic E-state index is 0. The van der Waals surface area contributed by atoms with Crippen LogP contribution in [0.5, 0.6) is 0 Å². The second-order valence-corrected chi connectivity index (χ2v) is 2.22. The molecule has 3 N–H and O–H groups in total. The quantitative estimate of drug-likeness (QED) is 0.537. The van der Waals surface area contributed by atoms with Gasteiger partial charge in [0.1, 0.15) is 0 Å². The number of halogens is 2. The molecule has 1 heterocycles. The molecule has 0 unspecified atom stereocenters. The summed E-state index contributed by atoms with van der Waals surface area (Å²) in [5.74, 6) is 0. The van der Waals surface area contributed by atoms with Crippen LogP contribution in [0.1, 0.15) is 0 Å². The number of benzene rings is 1. The Bertz CT molecular complexity index is 358. The van der Waals surface area contributed by atoms with Gasteiger partial charge in [0.05, 0.1) is 11.7 Å². The Hall–Kier alpha value is -0.0500. The summed E-state index contributed by atoms with van der Waals surface area (Å²) in [6.07, 6.45) is 1.77. The molecule has 0 aliphatic carbocycles. The van der Waals surface area contributed by atoms with Gasteiger partial charge in [0.2, 0.25) is 0 Å². The lowest BCUT2D eigenvalue weighted by Gasteiger charge is -1.89. The van der Waals surface area contributed by atoms with Crippen LogP contribution >= 0.6 is 48.0 Å². The van der Waals surface area contributed by atoms with Crippen molar-refractivity contribution < 1.29 is 0 Å². The highest BCUT2D eigenvalue weighted by Gasteiger charge is 1.92. The number of fused-ring (bicyclic) bond motifs is 1. The average molecular weight is 389 g/mol. The molecule has 0 bridgehead atoms. The largest absolute Gasteiger partial charge is 0.399 e. The Morgan fingerprint density at radius 2 is 2.00 bits per heavy atom. The Kier molecular flexibility index (Phi) is 4.83. The maximum absolute atomic E-state index is 5.54. The predicted octanol–water partition coefficient (Wildman–Crippen LogP) is 2.38. The van der Waals surface area contributed by atoms with Crippen LogP contribution in [0.2, 0.25) is 0 Å². The number of nitrogen functional groups attached to an aromatic ring is 1. The lowest BCUT2D eigenvalue weighted by Crippen LogP contribution is -1.81. The molecule has 2 aromatic rings. The molecule has 1 aromatic carbocycles. The minimum Gasteiger partial charge on any atom is -0.399 e. The number of nitrogens with two attached hydrogens (primary N) is 1. The van der Waals surface area contributed by atoms with Crippen LogP contribution in [0.15, 0.2) is 24.4 Å². The van der Waals surface area contributed by atoms with E-state index in [2.05, 4.69) is 10.2 Å². The highest BCUT2D eigenvalue weighted by atomic mass is 127. The van der Waals surface area contributed by atoms with Crippen molar-refractivity contribution in [3.8, 4) is 0 Å². The molecule has 5 heteroatoms. The zero-order valence-electron chi connectivity index (χ0n) is 6.15. The molecule has 0 spiro atoms. The van der Waals surface area contributed by atoms with Gasteiger partial charge in [0.25, 0.3) is 0 Å². The SMILES string of the molecule is I.I.Nc1ccc2cn[nH]c2c1. The van der Waals surface area contributed by atoms with Gasteiger partial charge in [-0.1, -0.05) is 0 Å². The molecule has 0 amide bonds. The number of anilines is 1. The van der Waals surface area contributed by atoms with Crippen molar-refractivity contribution >= 4 is 64.5 Å². The van der Waals surface area contributed by atoms with E-state index in [4.69, 9.17) is 5.73 Å². The Morgan fingerprint density at radius 3 is 2.75 bits per heavy atom. The smallest absolute Gasteiger partial charge is 0.0670 e. The summed E-state index contributed by atoms with van der Waals surface area (Å²) in [4.78, 5) is 0. The third-order valence-corrected chi connectivity index (χ3v) is 1.47. The van der Waals surface area contributed by atoms with Crippen LogP contribution in [-0.2, 0) is 0 Å². The molecule has 0 saturated heterocycles. The van der Waals surface area contributed by atoms with Crippen molar-refractivity contribution in [1.29, 1.82) is 0 Å². The van der Waals surface area contributed by atoms with Gasteiger partial charge in [-0.15, -0.1) is 48.0 Å². The maximum Gasteiger partial charge on any atom is 0.0670 e. The normalized spacial score (nSPS) is 8.67. The van der Waals surface area contributed by atoms with Crippen LogP contribution in [0.3, 0.4) is 0 Å². The first-order valence-corrected chi connectivity index (χ1v) is 3.05. The topological polar surface area (TPSA) is 54.7 Å². The highest BCUT2D eigenvalue weighted by Crippen LogP contribution is 2.12. The first-order valence-electron chi connectivity index (χ1n) is 3.05. The van der Waals surface area contributed by atoms with Gasteiger partial charge in [0.15, 0.2) is 0 Å². The highest BCUT2D eigenvalue weighted by molar-refractivity contribution is 14.0. The number of rotatable bonds is 0. The second kappa shape index (κ2) is 4.85. The Balaban J connectivity index is 0.000000605. The van der Waals surface area contributed by atoms with E-state index in [-0.39, 0.29) is 48.0 Å². The summed E-state index contributed by atoms with van der Waals surface area (Å²) in [6.45, 7) is 0. The fourth-order valence-electron chi connectivity index (χ4n) is 0.955. The Morgan fingerprint density at radius 1 is 1.25 bits per heavy atom. The molecular weight excluding hydrogens is 380 g/mol. The van der Waals surface area contributed by atoms with Crippen LogP contribution in [0.25, 0.3) is 10.9 Å². The van der Waals surface area contributed by atoms with Crippen molar-refractivity contribution in [1.82, 2.24) is 10.2 Å². The van der Waals surface area contributed by atoms with Crippen LogP contribution < -0.4 is 5.73 Å². The first kappa shape index (κ1) is 11.9. The first-order chi connectivity index (χ1) is 4.86. The second-order valence-electron chi connectivity index (χ2n) is 2.22. The lowest BCUT2D eigenvalue weighted by atomic mass is 10.2. The molecular formula is C7H9I2N3. The summed E-state index contributed by atoms with van der Waals surface area (Å²) >= 11 is 0. The molecule has 0 saturated carbocycles. The van der Waals surface area contributed by atoms with Crippen molar-refractivity contribution in [2.75, 3.05) is 5.73 Å². The lowest BCUT2D eigenvalue weighted by molar-refractivity contribution is 1.12. The molecule has 0 aliphatic rings. The molecule has 0 aliphatic heterocycles. The van der Waals surface area contributed by atoms with E-state index in [1.165, 1.54) is 0 Å². The molecule has 1 aromatic heterocycles. The molecule has 2 rings (SSSR count). The molecule has 12 heavy (non-hydrogen) atoms. The summed E-state index contributed by atoms with van der Waals surface area (Å²) < 4.78 is 0. The number of aromatic amines is 1. The Labute approximate surface area is 104 Å². The summed E-state index contributed by atoms with van der Waals surface area (Å²) in [5, 5.41) is 7.78. The van der Waals surface area contributed by atoms with Crippen LogP contribution in [0, 0.1) is 0 Å². The fraction of sp³-hybridized carbons (Fsp3) is 0. The van der Waals surface area contributed by atoms with Crippen molar-refractivity contribution in [3.63, 3.8) is 0 Å². The molecule has 0 radical (unpaired) electrons. The van der Waals surface area contributed by atoms with Crippen LogP contribution in [0.4, 0.5) is 5.69 Å². The van der Waals surface area contributed by atoms with E-state index in [1.807, 2.05) is 18.2 Å². The van der Waals surface area contributed by atoms with Gasteiger partial charge >= 0.3 is 0 Å². The predicted molar refractivity (Wildman–Crippen MR) is 71.3 cm³/mol. The number of hydrogen-bond acceptors (Lipinski definition) is 2. The van der Waals surface area contributed by atoms with E-state index in [1.54, 1.807) is 6.20 Å². The number of nitrogens with zero attached hydrogens (tertiary/aromatic N) is 1. The third kappa shape index (κ3) is 2.22. The monoisotopic (exact) mass is 389 g/mol.